The van der Waals surface area contributed by atoms with Gasteiger partial charge in [0.2, 0.25) is 11.7 Å². The smallest absolute Gasteiger partial charge is 0.374 e. The lowest BCUT2D eigenvalue weighted by Crippen LogP contribution is -2.12. The molecule has 172 valence electrons. The molecule has 2 N–H and O–H groups in total. The lowest BCUT2D eigenvalue weighted by atomic mass is 10.1. The maximum atomic E-state index is 13.0. The largest absolute Gasteiger partial charge is 0.460 e. The highest BCUT2D eigenvalue weighted by molar-refractivity contribution is 7.92. The van der Waals surface area contributed by atoms with Crippen LogP contribution in [-0.2, 0) is 19.6 Å². The molecule has 2 aromatic carbocycles. The molecule has 0 saturated heterocycles. The van der Waals surface area contributed by atoms with Gasteiger partial charge in [-0.25, -0.2) is 18.2 Å². The Balaban J connectivity index is 1.62. The minimum Gasteiger partial charge on any atom is -0.460 e. The number of rotatable bonds is 7. The maximum absolute atomic E-state index is 13.0. The van der Waals surface area contributed by atoms with Crippen LogP contribution in [0.2, 0.25) is 0 Å². The number of furan rings is 1. The van der Waals surface area contributed by atoms with Crippen LogP contribution in [0.25, 0.3) is 21.2 Å². The summed E-state index contributed by atoms with van der Waals surface area (Å²) in [6.07, 6.45) is 0.336. The van der Waals surface area contributed by atoms with E-state index in [1.165, 1.54) is 29.5 Å². The molecule has 0 unspecified atom stereocenters. The fourth-order valence-electron chi connectivity index (χ4n) is 3.22. The van der Waals surface area contributed by atoms with Gasteiger partial charge in [0, 0.05) is 17.4 Å². The van der Waals surface area contributed by atoms with Gasteiger partial charge in [0.05, 0.1) is 27.4 Å². The molecule has 0 saturated carbocycles. The number of anilines is 2. The van der Waals surface area contributed by atoms with Gasteiger partial charge in [0.1, 0.15) is 5.58 Å². The van der Waals surface area contributed by atoms with E-state index in [1.54, 1.807) is 39.0 Å². The SMILES string of the molecule is CCOC(=O)c1oc2ccc(S(=O)(=O)Nc3ccc4nc(NC(=O)CC)sc4c3)cc2c1C. The monoisotopic (exact) mass is 487 g/mol. The fraction of sp³-hybridized carbons (Fsp3) is 0.227. The number of hydrogen-bond donors (Lipinski definition) is 2. The van der Waals surface area contributed by atoms with Crippen molar-refractivity contribution in [3.63, 3.8) is 0 Å². The number of nitrogens with one attached hydrogen (secondary N) is 2. The van der Waals surface area contributed by atoms with Crippen molar-refractivity contribution in [1.29, 1.82) is 0 Å². The summed E-state index contributed by atoms with van der Waals surface area (Å²) >= 11 is 1.26. The molecule has 0 aliphatic rings. The molecular weight excluding hydrogens is 466 g/mol. The zero-order valence-electron chi connectivity index (χ0n) is 18.1. The molecule has 4 aromatic rings. The van der Waals surface area contributed by atoms with Crippen LogP contribution in [0.1, 0.15) is 36.4 Å². The van der Waals surface area contributed by atoms with Crippen molar-refractivity contribution in [2.75, 3.05) is 16.6 Å². The molecule has 4 rings (SSSR count). The molecule has 0 aliphatic heterocycles. The van der Waals surface area contributed by atoms with Gasteiger partial charge in [-0.2, -0.15) is 0 Å². The predicted molar refractivity (Wildman–Crippen MR) is 126 cm³/mol. The average Bonchev–Trinajstić information content (AvgIpc) is 3.33. The number of hydrogen-bond acceptors (Lipinski definition) is 8. The van der Waals surface area contributed by atoms with Crippen molar-refractivity contribution in [2.45, 2.75) is 32.1 Å². The average molecular weight is 488 g/mol. The topological polar surface area (TPSA) is 128 Å². The summed E-state index contributed by atoms with van der Waals surface area (Å²) in [6.45, 7) is 5.32. The van der Waals surface area contributed by atoms with E-state index < -0.39 is 16.0 Å². The Bertz CT molecular complexity index is 1490. The van der Waals surface area contributed by atoms with E-state index in [9.17, 15) is 18.0 Å². The molecule has 11 heteroatoms. The third kappa shape index (κ3) is 4.55. The van der Waals surface area contributed by atoms with Crippen LogP contribution in [0.4, 0.5) is 10.8 Å². The Morgan fingerprint density at radius 2 is 1.94 bits per heavy atom. The van der Waals surface area contributed by atoms with Gasteiger partial charge in [-0.1, -0.05) is 18.3 Å². The second kappa shape index (κ2) is 8.83. The van der Waals surface area contributed by atoms with Crippen molar-refractivity contribution in [3.05, 3.63) is 47.7 Å². The minimum atomic E-state index is -3.92. The highest BCUT2D eigenvalue weighted by Gasteiger charge is 2.22. The summed E-state index contributed by atoms with van der Waals surface area (Å²) < 4.78 is 39.9. The molecule has 2 heterocycles. The number of esters is 1. The molecule has 0 radical (unpaired) electrons. The fourth-order valence-corrected chi connectivity index (χ4v) is 5.22. The number of carbonyl (C=O) groups excluding carboxylic acids is 2. The summed E-state index contributed by atoms with van der Waals surface area (Å²) in [5.41, 5.74) is 1.91. The van der Waals surface area contributed by atoms with Crippen molar-refractivity contribution in [3.8, 4) is 0 Å². The first-order valence-corrected chi connectivity index (χ1v) is 12.4. The van der Waals surface area contributed by atoms with Gasteiger partial charge in [-0.3, -0.25) is 9.52 Å². The third-order valence-corrected chi connectivity index (χ3v) is 7.20. The second-order valence-corrected chi connectivity index (χ2v) is 9.86. The van der Waals surface area contributed by atoms with Gasteiger partial charge in [-0.05, 0) is 50.2 Å². The molecule has 0 aliphatic carbocycles. The number of amides is 1. The van der Waals surface area contributed by atoms with Crippen LogP contribution in [-0.4, -0.2) is 31.9 Å². The molecule has 0 bridgehead atoms. The maximum Gasteiger partial charge on any atom is 0.374 e. The first-order chi connectivity index (χ1) is 15.7. The van der Waals surface area contributed by atoms with Crippen molar-refractivity contribution < 1.29 is 27.2 Å². The lowest BCUT2D eigenvalue weighted by molar-refractivity contribution is -0.115. The summed E-state index contributed by atoms with van der Waals surface area (Å²) in [5, 5.41) is 3.67. The van der Waals surface area contributed by atoms with Crippen molar-refractivity contribution >= 4 is 65.2 Å². The van der Waals surface area contributed by atoms with Gasteiger partial charge < -0.3 is 14.5 Å². The quantitative estimate of drug-likeness (QED) is 0.362. The number of carbonyl (C=O) groups is 2. The Morgan fingerprint density at radius 3 is 2.67 bits per heavy atom. The Kier molecular flexibility index (Phi) is 6.09. The number of benzene rings is 2. The number of fused-ring (bicyclic) bond motifs is 2. The summed E-state index contributed by atoms with van der Waals surface area (Å²) in [7, 11) is -3.92. The van der Waals surface area contributed by atoms with Gasteiger partial charge in [-0.15, -0.1) is 0 Å². The lowest BCUT2D eigenvalue weighted by Gasteiger charge is -2.08. The van der Waals surface area contributed by atoms with Crippen LogP contribution in [0.3, 0.4) is 0 Å². The third-order valence-electron chi connectivity index (χ3n) is 4.89. The molecule has 0 fully saturated rings. The van der Waals surface area contributed by atoms with Crippen LogP contribution < -0.4 is 10.0 Å². The molecule has 0 spiro atoms. The number of nitrogens with zero attached hydrogens (tertiary/aromatic N) is 1. The van der Waals surface area contributed by atoms with Gasteiger partial charge in [0.25, 0.3) is 10.0 Å². The van der Waals surface area contributed by atoms with E-state index in [0.717, 1.165) is 4.70 Å². The van der Waals surface area contributed by atoms with Crippen molar-refractivity contribution in [2.24, 2.45) is 0 Å². The van der Waals surface area contributed by atoms with E-state index in [0.29, 0.717) is 39.3 Å². The molecule has 2 aromatic heterocycles. The number of aryl methyl sites for hydroxylation is 1. The van der Waals surface area contributed by atoms with Crippen LogP contribution >= 0.6 is 11.3 Å². The number of aromatic nitrogens is 1. The highest BCUT2D eigenvalue weighted by Crippen LogP contribution is 2.31. The molecule has 33 heavy (non-hydrogen) atoms. The summed E-state index contributed by atoms with van der Waals surface area (Å²) in [5.74, 6) is -0.692. The standard InChI is InChI=1S/C22H21N3O6S2/c1-4-19(26)24-22-23-16-8-6-13(10-18(16)32-22)25-33(28,29)14-7-9-17-15(11-14)12(3)20(31-17)21(27)30-5-2/h6-11,25H,4-5H2,1-3H3,(H,23,24,26). The van der Waals surface area contributed by atoms with E-state index >= 15 is 0 Å². The zero-order valence-corrected chi connectivity index (χ0v) is 19.7. The number of thiazole rings is 1. The van der Waals surface area contributed by atoms with Gasteiger partial charge >= 0.3 is 5.97 Å². The number of sulfonamides is 1. The van der Waals surface area contributed by atoms with E-state index in [1.807, 2.05) is 0 Å². The normalized spacial score (nSPS) is 11.6. The second-order valence-electron chi connectivity index (χ2n) is 7.14. The molecule has 0 atom stereocenters. The van der Waals surface area contributed by atoms with E-state index in [4.69, 9.17) is 9.15 Å². The van der Waals surface area contributed by atoms with E-state index in [-0.39, 0.29) is 23.2 Å². The predicted octanol–water partition coefficient (Wildman–Crippen LogP) is 4.68. The zero-order chi connectivity index (χ0) is 23.8. The number of ether oxygens (including phenoxy) is 1. The molecule has 9 nitrogen and oxygen atoms in total. The van der Waals surface area contributed by atoms with Crippen molar-refractivity contribution in [1.82, 2.24) is 4.98 Å². The van der Waals surface area contributed by atoms with Crippen LogP contribution in [0, 0.1) is 6.92 Å². The first-order valence-electron chi connectivity index (χ1n) is 10.2. The van der Waals surface area contributed by atoms with Crippen LogP contribution in [0.5, 0.6) is 0 Å². The minimum absolute atomic E-state index is 0.0228. The molecular formula is C22H21N3O6S2. The van der Waals surface area contributed by atoms with E-state index in [2.05, 4.69) is 15.0 Å². The van der Waals surface area contributed by atoms with Gasteiger partial charge in [0.15, 0.2) is 5.13 Å². The summed E-state index contributed by atoms with van der Waals surface area (Å²) in [4.78, 5) is 28.0. The first kappa shape index (κ1) is 22.7. The molecule has 1 amide bonds. The Morgan fingerprint density at radius 1 is 1.15 bits per heavy atom. The summed E-state index contributed by atoms with van der Waals surface area (Å²) in [6, 6.07) is 9.32. The van der Waals surface area contributed by atoms with Crippen LogP contribution in [0.15, 0.2) is 45.7 Å². The highest BCUT2D eigenvalue weighted by atomic mass is 32.2. The Hall–Kier alpha value is -3.44. The Labute approximate surface area is 193 Å².